The van der Waals surface area contributed by atoms with E-state index in [1.54, 1.807) is 24.3 Å². The van der Waals surface area contributed by atoms with E-state index >= 15 is 0 Å². The van der Waals surface area contributed by atoms with Crippen molar-refractivity contribution in [1.82, 2.24) is 0 Å². The van der Waals surface area contributed by atoms with Crippen LogP contribution in [-0.2, 0) is 27.7 Å². The maximum atomic E-state index is 8.34. The van der Waals surface area contributed by atoms with Gasteiger partial charge in [0.05, 0.1) is 0 Å². The van der Waals surface area contributed by atoms with Gasteiger partial charge in [0.1, 0.15) is 5.75 Å². The molecular weight excluding hydrogens is 331 g/mol. The fraction of sp³-hybridized carbons (Fsp3) is 0. The summed E-state index contributed by atoms with van der Waals surface area (Å²) >= 11 is 0. The smallest absolute Gasteiger partial charge is 0.512 e. The molecule has 1 aromatic rings. The Balaban J connectivity index is 0.000001000. The summed E-state index contributed by atoms with van der Waals surface area (Å²) in [6.07, 6.45) is 0. The van der Waals surface area contributed by atoms with Crippen LogP contribution in [0.4, 0.5) is 0 Å². The van der Waals surface area contributed by atoms with Gasteiger partial charge in [0.25, 0.3) is 0 Å². The van der Waals surface area contributed by atoms with Crippen LogP contribution in [0.1, 0.15) is 0 Å². The van der Waals surface area contributed by atoms with Crippen LogP contribution in [0.3, 0.4) is 0 Å². The molecular formula is C6H7BHgO3+2. The summed E-state index contributed by atoms with van der Waals surface area (Å²) in [6.45, 7) is 0. The molecule has 3 nitrogen and oxygen atoms in total. The van der Waals surface area contributed by atoms with Gasteiger partial charge in [0.2, 0.25) is 0 Å². The second-order valence-corrected chi connectivity index (χ2v) is 1.76. The molecule has 5 heteroatoms. The van der Waals surface area contributed by atoms with E-state index in [-0.39, 0.29) is 27.7 Å². The Morgan fingerprint density at radius 2 is 1.64 bits per heavy atom. The molecule has 0 atom stereocenters. The third-order valence-corrected chi connectivity index (χ3v) is 0.985. The van der Waals surface area contributed by atoms with Crippen LogP contribution < -0.4 is 4.65 Å². The molecule has 52 valence electrons. The van der Waals surface area contributed by atoms with Crippen LogP contribution in [-0.4, -0.2) is 17.4 Å². The largest absolute Gasteiger partial charge is 2.00 e. The van der Waals surface area contributed by atoms with E-state index in [1.807, 2.05) is 6.07 Å². The van der Waals surface area contributed by atoms with Crippen molar-refractivity contribution in [3.05, 3.63) is 30.3 Å². The van der Waals surface area contributed by atoms with Gasteiger partial charge in [-0.15, -0.1) is 0 Å². The minimum atomic E-state index is -1.73. The monoisotopic (exact) mass is 340 g/mol. The Labute approximate surface area is 85.7 Å². The molecule has 1 rings (SSSR count). The quantitative estimate of drug-likeness (QED) is 0.748. The topological polar surface area (TPSA) is 49.7 Å². The van der Waals surface area contributed by atoms with E-state index in [0.29, 0.717) is 5.75 Å². The van der Waals surface area contributed by atoms with Gasteiger partial charge in [-0.1, -0.05) is 18.2 Å². The first kappa shape index (κ1) is 10.9. The van der Waals surface area contributed by atoms with Crippen molar-refractivity contribution < 1.29 is 42.4 Å². The molecule has 0 saturated carbocycles. The fourth-order valence-electron chi connectivity index (χ4n) is 0.621. The van der Waals surface area contributed by atoms with Gasteiger partial charge >= 0.3 is 35.0 Å². The van der Waals surface area contributed by atoms with Gasteiger partial charge in [-0.2, -0.15) is 0 Å². The molecule has 0 aliphatic carbocycles. The molecule has 0 amide bonds. The normalized spacial score (nSPS) is 8.18. The predicted molar refractivity (Wildman–Crippen MR) is 37.3 cm³/mol. The molecule has 0 aliphatic heterocycles. The minimum absolute atomic E-state index is 0. The molecule has 1 aromatic carbocycles. The van der Waals surface area contributed by atoms with Gasteiger partial charge < -0.3 is 14.7 Å². The first-order valence-electron chi connectivity index (χ1n) is 2.87. The van der Waals surface area contributed by atoms with Gasteiger partial charge in [-0.05, 0) is 12.1 Å². The Morgan fingerprint density at radius 1 is 1.09 bits per heavy atom. The third-order valence-electron chi connectivity index (χ3n) is 0.985. The number of rotatable bonds is 2. The van der Waals surface area contributed by atoms with Crippen molar-refractivity contribution in [3.8, 4) is 5.75 Å². The third kappa shape index (κ3) is 4.40. The first-order valence-corrected chi connectivity index (χ1v) is 2.87. The molecule has 0 heterocycles. The standard InChI is InChI=1S/C6H7BO3.Hg/c8-7(9)10-6-4-2-1-3-5-6;/h1-5,8-9H;/q;+2. The van der Waals surface area contributed by atoms with Gasteiger partial charge in [-0.25, -0.2) is 0 Å². The molecule has 0 aromatic heterocycles. The summed E-state index contributed by atoms with van der Waals surface area (Å²) in [5, 5.41) is 16.7. The SMILES string of the molecule is OB(O)Oc1ccccc1.[Hg+2]. The zero-order chi connectivity index (χ0) is 7.40. The average molecular weight is 339 g/mol. The number of hydrogen-bond acceptors (Lipinski definition) is 3. The molecule has 11 heavy (non-hydrogen) atoms. The van der Waals surface area contributed by atoms with Crippen molar-refractivity contribution >= 4 is 7.32 Å². The van der Waals surface area contributed by atoms with Crippen molar-refractivity contribution in [1.29, 1.82) is 0 Å². The van der Waals surface area contributed by atoms with E-state index in [2.05, 4.69) is 4.65 Å². The number of benzene rings is 1. The molecule has 0 bridgehead atoms. The minimum Gasteiger partial charge on any atom is -0.512 e. The van der Waals surface area contributed by atoms with Crippen LogP contribution in [0, 0.1) is 0 Å². The van der Waals surface area contributed by atoms with Crippen LogP contribution in [0.5, 0.6) is 5.75 Å². The molecule has 0 spiro atoms. The van der Waals surface area contributed by atoms with Crippen molar-refractivity contribution in [2.45, 2.75) is 0 Å². The van der Waals surface area contributed by atoms with Crippen LogP contribution >= 0.6 is 0 Å². The molecule has 0 fully saturated rings. The maximum absolute atomic E-state index is 8.34. The summed E-state index contributed by atoms with van der Waals surface area (Å²) in [4.78, 5) is 0. The zero-order valence-electron chi connectivity index (χ0n) is 5.97. The fourth-order valence-corrected chi connectivity index (χ4v) is 0.621. The van der Waals surface area contributed by atoms with Gasteiger partial charge in [0.15, 0.2) is 0 Å². The Kier molecular flexibility index (Phi) is 5.54. The number of hydrogen-bond donors (Lipinski definition) is 2. The van der Waals surface area contributed by atoms with Crippen LogP contribution in [0.15, 0.2) is 30.3 Å². The summed E-state index contributed by atoms with van der Waals surface area (Å²) in [5.41, 5.74) is 0. The second kappa shape index (κ2) is 5.57. The Morgan fingerprint density at radius 3 is 2.09 bits per heavy atom. The van der Waals surface area contributed by atoms with Gasteiger partial charge in [-0.3, -0.25) is 0 Å². The van der Waals surface area contributed by atoms with E-state index in [1.165, 1.54) is 0 Å². The molecule has 0 aliphatic rings. The van der Waals surface area contributed by atoms with Crippen molar-refractivity contribution in [2.24, 2.45) is 0 Å². The van der Waals surface area contributed by atoms with E-state index in [4.69, 9.17) is 10.0 Å². The van der Waals surface area contributed by atoms with Crippen LogP contribution in [0.2, 0.25) is 0 Å². The summed E-state index contributed by atoms with van der Waals surface area (Å²) in [6, 6.07) is 8.59. The molecule has 0 saturated heterocycles. The number of para-hydroxylation sites is 1. The Bertz CT molecular complexity index is 192. The van der Waals surface area contributed by atoms with Crippen molar-refractivity contribution in [2.75, 3.05) is 0 Å². The maximum Gasteiger partial charge on any atom is 2.00 e. The van der Waals surface area contributed by atoms with Crippen molar-refractivity contribution in [3.63, 3.8) is 0 Å². The summed E-state index contributed by atoms with van der Waals surface area (Å²) in [7, 11) is -1.73. The second-order valence-electron chi connectivity index (χ2n) is 1.76. The van der Waals surface area contributed by atoms with E-state index in [0.717, 1.165) is 0 Å². The van der Waals surface area contributed by atoms with E-state index < -0.39 is 7.32 Å². The molecule has 0 unspecified atom stereocenters. The zero-order valence-corrected chi connectivity index (χ0v) is 11.5. The summed E-state index contributed by atoms with van der Waals surface area (Å²) < 4.78 is 4.53. The average Bonchev–Trinajstić information content (AvgIpc) is 1.88. The van der Waals surface area contributed by atoms with Crippen LogP contribution in [0.25, 0.3) is 0 Å². The molecule has 0 radical (unpaired) electrons. The van der Waals surface area contributed by atoms with Gasteiger partial charge in [0, 0.05) is 0 Å². The molecule has 2 N–H and O–H groups in total. The first-order chi connectivity index (χ1) is 4.79. The Hall–Kier alpha value is -0.0600. The summed E-state index contributed by atoms with van der Waals surface area (Å²) in [5.74, 6) is 0.442. The predicted octanol–water partition coefficient (Wildman–Crippen LogP) is 0.0324. The van der Waals surface area contributed by atoms with E-state index in [9.17, 15) is 0 Å².